The minimum Gasteiger partial charge on any atom is -0.317 e. The molecule has 3 heteroatoms. The molecule has 100 valence electrons. The van der Waals surface area contributed by atoms with Gasteiger partial charge in [-0.3, -0.25) is 4.79 Å². The molecule has 0 aliphatic rings. The fraction of sp³-hybridized carbons (Fsp3) is 0.312. The average Bonchev–Trinajstić information content (AvgIpc) is 2.67. The number of ketones is 1. The number of nitrogens with zero attached hydrogens (tertiary/aromatic N) is 1. The SMILES string of the molecule is Cc1ccc(C)c(-n2c(C)cc(C(=O)CCl)c2C)c1. The van der Waals surface area contributed by atoms with Gasteiger partial charge < -0.3 is 4.57 Å². The average molecular weight is 276 g/mol. The third-order valence-electron chi connectivity index (χ3n) is 3.46. The normalized spacial score (nSPS) is 10.8. The zero-order valence-corrected chi connectivity index (χ0v) is 12.5. The van der Waals surface area contributed by atoms with Crippen LogP contribution in [0.1, 0.15) is 32.9 Å². The summed E-state index contributed by atoms with van der Waals surface area (Å²) in [5, 5.41) is 0. The van der Waals surface area contributed by atoms with Crippen LogP contribution in [0.3, 0.4) is 0 Å². The van der Waals surface area contributed by atoms with Gasteiger partial charge in [0.1, 0.15) is 0 Å². The Balaban J connectivity index is 2.66. The number of aromatic nitrogens is 1. The van der Waals surface area contributed by atoms with Crippen LogP contribution in [0.2, 0.25) is 0 Å². The summed E-state index contributed by atoms with van der Waals surface area (Å²) in [5.74, 6) is 0.00297. The van der Waals surface area contributed by atoms with Crippen LogP contribution in [-0.2, 0) is 0 Å². The Bertz CT molecular complexity index is 640. The molecular formula is C16H18ClNO. The Morgan fingerprint density at radius 2 is 1.84 bits per heavy atom. The van der Waals surface area contributed by atoms with Crippen molar-refractivity contribution in [2.45, 2.75) is 27.7 Å². The smallest absolute Gasteiger partial charge is 0.179 e. The number of alkyl halides is 1. The maximum atomic E-state index is 11.8. The monoisotopic (exact) mass is 275 g/mol. The number of benzene rings is 1. The molecule has 2 nitrogen and oxygen atoms in total. The Morgan fingerprint density at radius 1 is 1.16 bits per heavy atom. The molecule has 0 N–H and O–H groups in total. The minimum atomic E-state index is -0.0219. The van der Waals surface area contributed by atoms with Crippen molar-refractivity contribution in [3.05, 3.63) is 52.3 Å². The molecule has 0 amide bonds. The Kier molecular flexibility index (Phi) is 3.81. The molecule has 1 aromatic heterocycles. The fourth-order valence-corrected chi connectivity index (χ4v) is 2.59. The first kappa shape index (κ1) is 13.9. The van der Waals surface area contributed by atoms with Gasteiger partial charge in [0.05, 0.1) is 5.88 Å². The number of aryl methyl sites for hydroxylation is 3. The highest BCUT2D eigenvalue weighted by molar-refractivity contribution is 6.30. The molecule has 0 aliphatic carbocycles. The largest absolute Gasteiger partial charge is 0.317 e. The lowest BCUT2D eigenvalue weighted by molar-refractivity contribution is 0.102. The van der Waals surface area contributed by atoms with Gasteiger partial charge in [-0.05, 0) is 51.0 Å². The summed E-state index contributed by atoms with van der Waals surface area (Å²) in [6.45, 7) is 8.13. The number of Topliss-reactive ketones (excluding diaryl/α,β-unsaturated/α-hetero) is 1. The second-order valence-electron chi connectivity index (χ2n) is 4.97. The zero-order chi connectivity index (χ0) is 14.2. The van der Waals surface area contributed by atoms with Crippen molar-refractivity contribution in [1.29, 1.82) is 0 Å². The highest BCUT2D eigenvalue weighted by Crippen LogP contribution is 2.24. The molecule has 1 heterocycles. The van der Waals surface area contributed by atoms with Crippen molar-refractivity contribution in [2.24, 2.45) is 0 Å². The van der Waals surface area contributed by atoms with Crippen LogP contribution in [0.25, 0.3) is 5.69 Å². The molecule has 0 saturated heterocycles. The van der Waals surface area contributed by atoms with Crippen LogP contribution in [0.15, 0.2) is 24.3 Å². The van der Waals surface area contributed by atoms with Crippen molar-refractivity contribution in [3.63, 3.8) is 0 Å². The van der Waals surface area contributed by atoms with E-state index in [9.17, 15) is 4.79 Å². The number of rotatable bonds is 3. The van der Waals surface area contributed by atoms with E-state index in [4.69, 9.17) is 11.6 Å². The van der Waals surface area contributed by atoms with Crippen LogP contribution >= 0.6 is 11.6 Å². The van der Waals surface area contributed by atoms with Crippen molar-refractivity contribution < 1.29 is 4.79 Å². The summed E-state index contributed by atoms with van der Waals surface area (Å²) in [6, 6.07) is 8.26. The molecule has 0 bridgehead atoms. The number of hydrogen-bond acceptors (Lipinski definition) is 1. The number of hydrogen-bond donors (Lipinski definition) is 0. The summed E-state index contributed by atoms with van der Waals surface area (Å²) in [6.07, 6.45) is 0. The van der Waals surface area contributed by atoms with Crippen molar-refractivity contribution >= 4 is 17.4 Å². The first-order valence-electron chi connectivity index (χ1n) is 6.31. The van der Waals surface area contributed by atoms with E-state index >= 15 is 0 Å². The van der Waals surface area contributed by atoms with Crippen LogP contribution < -0.4 is 0 Å². The topological polar surface area (TPSA) is 22.0 Å². The second-order valence-corrected chi connectivity index (χ2v) is 5.23. The Hall–Kier alpha value is -1.54. The molecule has 0 atom stereocenters. The summed E-state index contributed by atoms with van der Waals surface area (Å²) in [5.41, 5.74) is 6.25. The molecule has 0 radical (unpaired) electrons. The van der Waals surface area contributed by atoms with E-state index in [0.717, 1.165) is 17.1 Å². The van der Waals surface area contributed by atoms with E-state index in [2.05, 4.69) is 36.6 Å². The molecule has 0 aliphatic heterocycles. The maximum absolute atomic E-state index is 11.8. The highest BCUT2D eigenvalue weighted by atomic mass is 35.5. The van der Waals surface area contributed by atoms with Gasteiger partial charge in [-0.1, -0.05) is 12.1 Å². The molecule has 19 heavy (non-hydrogen) atoms. The van der Waals surface area contributed by atoms with Gasteiger partial charge in [0.15, 0.2) is 5.78 Å². The molecule has 0 saturated carbocycles. The molecule has 2 rings (SSSR count). The van der Waals surface area contributed by atoms with Gasteiger partial charge in [-0.15, -0.1) is 11.6 Å². The van der Waals surface area contributed by atoms with E-state index in [1.165, 1.54) is 11.1 Å². The maximum Gasteiger partial charge on any atom is 0.179 e. The minimum absolute atomic E-state index is 0.0219. The third-order valence-corrected chi connectivity index (χ3v) is 3.70. The van der Waals surface area contributed by atoms with E-state index < -0.39 is 0 Å². The molecule has 2 aromatic rings. The van der Waals surface area contributed by atoms with Gasteiger partial charge in [0.2, 0.25) is 0 Å². The number of carbonyl (C=O) groups is 1. The summed E-state index contributed by atoms with van der Waals surface area (Å²) in [7, 11) is 0. The Labute approximate surface area is 119 Å². The lowest BCUT2D eigenvalue weighted by Crippen LogP contribution is -2.05. The van der Waals surface area contributed by atoms with Gasteiger partial charge in [-0.25, -0.2) is 0 Å². The predicted molar refractivity (Wildman–Crippen MR) is 79.8 cm³/mol. The van der Waals surface area contributed by atoms with Crippen molar-refractivity contribution in [1.82, 2.24) is 4.57 Å². The molecule has 0 unspecified atom stereocenters. The first-order valence-corrected chi connectivity index (χ1v) is 6.85. The summed E-state index contributed by atoms with van der Waals surface area (Å²) < 4.78 is 2.13. The zero-order valence-electron chi connectivity index (χ0n) is 11.7. The quantitative estimate of drug-likeness (QED) is 0.610. The van der Waals surface area contributed by atoms with E-state index in [-0.39, 0.29) is 11.7 Å². The van der Waals surface area contributed by atoms with E-state index in [1.54, 1.807) is 0 Å². The first-order chi connectivity index (χ1) is 8.95. The van der Waals surface area contributed by atoms with Gasteiger partial charge >= 0.3 is 0 Å². The Morgan fingerprint density at radius 3 is 2.47 bits per heavy atom. The lowest BCUT2D eigenvalue weighted by Gasteiger charge is -2.13. The standard InChI is InChI=1S/C16H18ClNO/c1-10-5-6-11(2)15(7-10)18-12(3)8-14(13(18)4)16(19)9-17/h5-8H,9H2,1-4H3. The van der Waals surface area contributed by atoms with Crippen molar-refractivity contribution in [3.8, 4) is 5.69 Å². The lowest BCUT2D eigenvalue weighted by atomic mass is 10.1. The molecule has 1 aromatic carbocycles. The third kappa shape index (κ3) is 2.45. The molecule has 0 fully saturated rings. The highest BCUT2D eigenvalue weighted by Gasteiger charge is 2.16. The second kappa shape index (κ2) is 5.22. The molecular weight excluding hydrogens is 258 g/mol. The van der Waals surface area contributed by atoms with Gasteiger partial charge in [0, 0.05) is 22.6 Å². The van der Waals surface area contributed by atoms with Crippen LogP contribution in [0, 0.1) is 27.7 Å². The van der Waals surface area contributed by atoms with Crippen LogP contribution in [-0.4, -0.2) is 16.2 Å². The predicted octanol–water partition coefficient (Wildman–Crippen LogP) is 4.13. The van der Waals surface area contributed by atoms with Gasteiger partial charge in [-0.2, -0.15) is 0 Å². The van der Waals surface area contributed by atoms with E-state index in [1.807, 2.05) is 19.9 Å². The summed E-state index contributed by atoms with van der Waals surface area (Å²) >= 11 is 5.66. The molecule has 0 spiro atoms. The van der Waals surface area contributed by atoms with Crippen LogP contribution in [0.4, 0.5) is 0 Å². The number of carbonyl (C=O) groups excluding carboxylic acids is 1. The van der Waals surface area contributed by atoms with Gasteiger partial charge in [0.25, 0.3) is 0 Å². The fourth-order valence-electron chi connectivity index (χ4n) is 2.45. The van der Waals surface area contributed by atoms with Crippen LogP contribution in [0.5, 0.6) is 0 Å². The van der Waals surface area contributed by atoms with E-state index in [0.29, 0.717) is 5.56 Å². The number of halogens is 1. The summed E-state index contributed by atoms with van der Waals surface area (Å²) in [4.78, 5) is 11.8. The van der Waals surface area contributed by atoms with Crippen molar-refractivity contribution in [2.75, 3.05) is 5.88 Å².